The van der Waals surface area contributed by atoms with Gasteiger partial charge in [-0.3, -0.25) is 4.79 Å². The summed E-state index contributed by atoms with van der Waals surface area (Å²) in [6.07, 6.45) is 3.07. The maximum atomic E-state index is 12.4. The maximum Gasteiger partial charge on any atom is 0.234 e. The van der Waals surface area contributed by atoms with Gasteiger partial charge in [-0.25, -0.2) is 0 Å². The van der Waals surface area contributed by atoms with E-state index < -0.39 is 0 Å². The summed E-state index contributed by atoms with van der Waals surface area (Å²) >= 11 is 0. The van der Waals surface area contributed by atoms with Crippen LogP contribution >= 0.6 is 0 Å². The molecule has 0 aliphatic carbocycles. The molecule has 0 radical (unpaired) electrons. The molecule has 2 rings (SSSR count). The number of nitrogens with zero attached hydrogens (tertiary/aromatic N) is 1. The van der Waals surface area contributed by atoms with Gasteiger partial charge in [-0.05, 0) is 57.1 Å². The number of benzene rings is 2. The molecule has 0 fully saturated rings. The molecule has 0 spiro atoms. The lowest BCUT2D eigenvalue weighted by Gasteiger charge is -2.21. The summed E-state index contributed by atoms with van der Waals surface area (Å²) < 4.78 is 21.8. The summed E-state index contributed by atoms with van der Waals surface area (Å²) in [6.45, 7) is 12.4. The van der Waals surface area contributed by atoms with Crippen LogP contribution in [0.4, 0.5) is 0 Å². The lowest BCUT2D eigenvalue weighted by atomic mass is 9.90. The Kier molecular flexibility index (Phi) is 19.3. The van der Waals surface area contributed by atoms with Crippen molar-refractivity contribution >= 4 is 5.91 Å². The molecule has 0 saturated carbocycles. The zero-order chi connectivity index (χ0) is 27.1. The third-order valence-electron chi connectivity index (χ3n) is 5.84. The highest BCUT2D eigenvalue weighted by atomic mass is 16.5. The molecule has 2 aromatic carbocycles. The van der Waals surface area contributed by atoms with E-state index >= 15 is 0 Å². The molecule has 0 atom stereocenters. The van der Waals surface area contributed by atoms with E-state index in [1.54, 1.807) is 19.0 Å². The Morgan fingerprint density at radius 1 is 0.676 bits per heavy atom. The molecule has 0 bridgehead atoms. The van der Waals surface area contributed by atoms with E-state index in [0.717, 1.165) is 83.2 Å². The van der Waals surface area contributed by atoms with Crippen molar-refractivity contribution in [2.75, 3.05) is 67.0 Å². The van der Waals surface area contributed by atoms with E-state index in [4.69, 9.17) is 18.9 Å². The molecule has 0 aliphatic heterocycles. The second-order valence-electron chi connectivity index (χ2n) is 8.95. The van der Waals surface area contributed by atoms with Crippen molar-refractivity contribution in [3.63, 3.8) is 0 Å². The van der Waals surface area contributed by atoms with Gasteiger partial charge in [-0.1, -0.05) is 60.7 Å². The Morgan fingerprint density at radius 2 is 1.11 bits per heavy atom. The molecule has 0 unspecified atom stereocenters. The van der Waals surface area contributed by atoms with Gasteiger partial charge in [0.2, 0.25) is 5.91 Å². The molecule has 0 aliphatic rings. The largest absolute Gasteiger partial charge is 0.382 e. The van der Waals surface area contributed by atoms with Crippen molar-refractivity contribution in [3.05, 3.63) is 71.8 Å². The van der Waals surface area contributed by atoms with E-state index in [2.05, 4.69) is 0 Å². The van der Waals surface area contributed by atoms with Gasteiger partial charge in [0.25, 0.3) is 0 Å². The number of amides is 1. The third kappa shape index (κ3) is 14.9. The van der Waals surface area contributed by atoms with Gasteiger partial charge >= 0.3 is 0 Å². The van der Waals surface area contributed by atoms with Crippen LogP contribution in [0.3, 0.4) is 0 Å². The molecular formula is C31H49NO5. The minimum atomic E-state index is -0.220. The van der Waals surface area contributed by atoms with Gasteiger partial charge < -0.3 is 23.8 Å². The van der Waals surface area contributed by atoms with Crippen LogP contribution in [0.5, 0.6) is 0 Å². The summed E-state index contributed by atoms with van der Waals surface area (Å²) in [5.74, 6) is 0.417. The predicted molar refractivity (Wildman–Crippen MR) is 151 cm³/mol. The molecule has 2 aromatic rings. The fourth-order valence-electron chi connectivity index (χ4n) is 3.78. The van der Waals surface area contributed by atoms with Gasteiger partial charge in [0, 0.05) is 67.0 Å². The SMILES string of the molecule is CCOCCCOCC(CCOCC)CCOCC.CN(C)C(=O)C(c1ccccc1)c1ccccc1. The predicted octanol–water partition coefficient (Wildman–Crippen LogP) is 5.81. The average Bonchev–Trinajstić information content (AvgIpc) is 2.92. The number of hydrogen-bond donors (Lipinski definition) is 0. The topological polar surface area (TPSA) is 57.2 Å². The van der Waals surface area contributed by atoms with Gasteiger partial charge in [0.1, 0.15) is 0 Å². The Morgan fingerprint density at radius 3 is 1.54 bits per heavy atom. The standard InChI is InChI=1S/C16H17NO.C15H32O4/c1-17(2)16(18)15(13-9-5-3-6-10-13)14-11-7-4-8-12-14;1-4-16-10-7-11-19-14-15(8-12-17-5-2)9-13-18-6-3/h3-12,15H,1-2H3;15H,4-14H2,1-3H3. The van der Waals surface area contributed by atoms with Crippen LogP contribution in [0.2, 0.25) is 0 Å². The molecule has 0 heterocycles. The number of ether oxygens (including phenoxy) is 4. The highest BCUT2D eigenvalue weighted by molar-refractivity contribution is 5.86. The third-order valence-corrected chi connectivity index (χ3v) is 5.84. The monoisotopic (exact) mass is 515 g/mol. The van der Waals surface area contributed by atoms with E-state index in [1.165, 1.54) is 0 Å². The molecule has 1 amide bonds. The number of carbonyl (C=O) groups excluding carboxylic acids is 1. The van der Waals surface area contributed by atoms with Gasteiger partial charge in [-0.15, -0.1) is 0 Å². The first-order valence-electron chi connectivity index (χ1n) is 13.7. The van der Waals surface area contributed by atoms with Crippen LogP contribution in [0.1, 0.15) is 57.1 Å². The quantitative estimate of drug-likeness (QED) is 0.235. The van der Waals surface area contributed by atoms with Crippen LogP contribution in [-0.4, -0.2) is 77.8 Å². The van der Waals surface area contributed by atoms with Crippen LogP contribution in [0.15, 0.2) is 60.7 Å². The van der Waals surface area contributed by atoms with E-state index in [9.17, 15) is 4.79 Å². The number of hydrogen-bond acceptors (Lipinski definition) is 5. The Bertz CT molecular complexity index is 735. The van der Waals surface area contributed by atoms with E-state index in [0.29, 0.717) is 5.92 Å². The van der Waals surface area contributed by atoms with Crippen molar-refractivity contribution in [3.8, 4) is 0 Å². The van der Waals surface area contributed by atoms with Crippen LogP contribution in [0.25, 0.3) is 0 Å². The Hall–Kier alpha value is -2.25. The maximum absolute atomic E-state index is 12.4. The second-order valence-corrected chi connectivity index (χ2v) is 8.95. The first-order valence-corrected chi connectivity index (χ1v) is 13.7. The normalized spacial score (nSPS) is 10.9. The van der Waals surface area contributed by atoms with Crippen molar-refractivity contribution in [1.82, 2.24) is 4.90 Å². The summed E-state index contributed by atoms with van der Waals surface area (Å²) in [5, 5.41) is 0. The van der Waals surface area contributed by atoms with Crippen LogP contribution in [-0.2, 0) is 23.7 Å². The highest BCUT2D eigenvalue weighted by Gasteiger charge is 2.23. The number of likely N-dealkylation sites (N-methyl/N-ethyl adjacent to an activating group) is 1. The summed E-state index contributed by atoms with van der Waals surface area (Å²) in [7, 11) is 3.59. The van der Waals surface area contributed by atoms with Crippen molar-refractivity contribution in [1.29, 1.82) is 0 Å². The molecule has 37 heavy (non-hydrogen) atoms. The van der Waals surface area contributed by atoms with E-state index in [1.807, 2.05) is 81.4 Å². The summed E-state index contributed by atoms with van der Waals surface area (Å²) in [6, 6.07) is 19.8. The van der Waals surface area contributed by atoms with E-state index in [-0.39, 0.29) is 11.8 Å². The molecule has 208 valence electrons. The summed E-state index contributed by atoms with van der Waals surface area (Å²) in [4.78, 5) is 14.0. The smallest absolute Gasteiger partial charge is 0.234 e. The van der Waals surface area contributed by atoms with Gasteiger partial charge in [0.15, 0.2) is 0 Å². The van der Waals surface area contributed by atoms with Crippen molar-refractivity contribution in [2.24, 2.45) is 5.92 Å². The zero-order valence-electron chi connectivity index (χ0n) is 23.7. The molecule has 0 aromatic heterocycles. The molecule has 6 nitrogen and oxygen atoms in total. The first kappa shape index (κ1) is 32.8. The first-order chi connectivity index (χ1) is 18.0. The Balaban J connectivity index is 0.000000370. The van der Waals surface area contributed by atoms with Crippen molar-refractivity contribution < 1.29 is 23.7 Å². The van der Waals surface area contributed by atoms with Gasteiger partial charge in [0.05, 0.1) is 5.92 Å². The fourth-order valence-corrected chi connectivity index (χ4v) is 3.78. The van der Waals surface area contributed by atoms with Crippen molar-refractivity contribution in [2.45, 2.75) is 46.0 Å². The number of carbonyl (C=O) groups is 1. The van der Waals surface area contributed by atoms with Gasteiger partial charge in [-0.2, -0.15) is 0 Å². The number of rotatable bonds is 18. The highest BCUT2D eigenvalue weighted by Crippen LogP contribution is 2.26. The molecule has 0 saturated heterocycles. The summed E-state index contributed by atoms with van der Waals surface area (Å²) in [5.41, 5.74) is 2.06. The minimum absolute atomic E-state index is 0.104. The van der Waals surface area contributed by atoms with Crippen LogP contribution < -0.4 is 0 Å². The fraction of sp³-hybridized carbons (Fsp3) is 0.581. The average molecular weight is 516 g/mol. The minimum Gasteiger partial charge on any atom is -0.382 e. The zero-order valence-corrected chi connectivity index (χ0v) is 23.7. The molecule has 6 heteroatoms. The molecular weight excluding hydrogens is 466 g/mol. The van der Waals surface area contributed by atoms with Crippen LogP contribution in [0, 0.1) is 5.92 Å². The second kappa shape index (κ2) is 21.8. The molecule has 0 N–H and O–H groups in total. The lowest BCUT2D eigenvalue weighted by Crippen LogP contribution is -2.28. The lowest BCUT2D eigenvalue weighted by molar-refractivity contribution is -0.129. The Labute approximate surface area is 225 Å².